The smallest absolute Gasteiger partial charge is 0.124 e. The molecule has 2 aromatic carbocycles. The molecule has 0 aliphatic rings. The normalized spacial score (nSPS) is 13.6. The highest BCUT2D eigenvalue weighted by molar-refractivity contribution is 5.90. The highest BCUT2D eigenvalue weighted by Gasteiger charge is 2.35. The molecule has 0 amide bonds. The molecule has 136 valence electrons. The number of rotatable bonds is 4. The third-order valence-electron chi connectivity index (χ3n) is 5.62. The van der Waals surface area contributed by atoms with Gasteiger partial charge in [0.05, 0.1) is 35.2 Å². The van der Waals surface area contributed by atoms with Crippen molar-refractivity contribution in [2.45, 2.75) is 32.6 Å². The second-order valence-corrected chi connectivity index (χ2v) is 7.15. The Hall–Kier alpha value is -3.26. The number of hydrogen-bond acceptors (Lipinski definition) is 3. The Kier molecular flexibility index (Phi) is 3.92. The summed E-state index contributed by atoms with van der Waals surface area (Å²) >= 11 is 0. The average molecular weight is 358 g/mol. The topological polar surface area (TPSA) is 77.5 Å². The number of nitrogens with one attached hydrogen (secondary N) is 2. The van der Waals surface area contributed by atoms with Crippen LogP contribution in [0.4, 0.5) is 0 Å². The van der Waals surface area contributed by atoms with E-state index in [1.54, 1.807) is 13.2 Å². The van der Waals surface area contributed by atoms with Crippen molar-refractivity contribution in [3.05, 3.63) is 59.0 Å². The van der Waals surface area contributed by atoms with Crippen molar-refractivity contribution < 1.29 is 4.74 Å². The number of imidazole rings is 1. The molecule has 4 aromatic rings. The van der Waals surface area contributed by atoms with Crippen molar-refractivity contribution in [1.29, 1.82) is 5.26 Å². The number of aromatic nitrogens is 3. The summed E-state index contributed by atoms with van der Waals surface area (Å²) in [6.45, 7) is 6.43. The lowest BCUT2D eigenvalue weighted by Crippen LogP contribution is -2.25. The fraction of sp³-hybridized carbons (Fsp3) is 0.273. The Bertz CT molecular complexity index is 1190. The van der Waals surface area contributed by atoms with Crippen LogP contribution in [0.15, 0.2) is 36.5 Å². The second-order valence-electron chi connectivity index (χ2n) is 7.15. The molecule has 0 bridgehead atoms. The van der Waals surface area contributed by atoms with E-state index in [1.165, 1.54) is 0 Å². The lowest BCUT2D eigenvalue weighted by Gasteiger charge is -2.29. The molecule has 4 rings (SSSR count). The van der Waals surface area contributed by atoms with E-state index in [2.05, 4.69) is 48.9 Å². The molecule has 0 saturated heterocycles. The van der Waals surface area contributed by atoms with Crippen LogP contribution < -0.4 is 4.74 Å². The van der Waals surface area contributed by atoms with E-state index in [4.69, 9.17) is 9.72 Å². The number of methoxy groups -OCH3 is 1. The van der Waals surface area contributed by atoms with E-state index in [0.717, 1.165) is 51.1 Å². The first-order valence-electron chi connectivity index (χ1n) is 9.07. The molecule has 5 heteroatoms. The van der Waals surface area contributed by atoms with Gasteiger partial charge in [-0.15, -0.1) is 0 Å². The van der Waals surface area contributed by atoms with E-state index >= 15 is 0 Å². The lowest BCUT2D eigenvalue weighted by molar-refractivity contribution is 0.394. The van der Waals surface area contributed by atoms with Gasteiger partial charge in [-0.25, -0.2) is 4.98 Å². The largest absolute Gasteiger partial charge is 0.496 e. The predicted molar refractivity (Wildman–Crippen MR) is 107 cm³/mol. The fourth-order valence-electron chi connectivity index (χ4n) is 3.91. The number of aromatic amines is 2. The summed E-state index contributed by atoms with van der Waals surface area (Å²) in [4.78, 5) is 11.7. The van der Waals surface area contributed by atoms with Crippen LogP contribution in [0.25, 0.3) is 21.9 Å². The Morgan fingerprint density at radius 1 is 1.26 bits per heavy atom. The van der Waals surface area contributed by atoms with Gasteiger partial charge in [0.2, 0.25) is 0 Å². The Balaban J connectivity index is 2.01. The Morgan fingerprint density at radius 2 is 2.07 bits per heavy atom. The van der Waals surface area contributed by atoms with Crippen molar-refractivity contribution in [1.82, 2.24) is 15.0 Å². The minimum absolute atomic E-state index is 0.370. The van der Waals surface area contributed by atoms with Crippen LogP contribution in [-0.2, 0) is 5.41 Å². The standard InChI is InChI=1S/C22H22N4O/c1-5-22(3,21-25-16-7-6-14(12-23)11-17(16)26-21)19-15-8-9-24-20(15)13(2)10-18(19)27-4/h6-11,24H,5H2,1-4H3,(H,25,26). The molecular weight excluding hydrogens is 336 g/mol. The molecule has 1 atom stereocenters. The third kappa shape index (κ3) is 2.48. The lowest BCUT2D eigenvalue weighted by atomic mass is 9.76. The Labute approximate surface area is 158 Å². The molecule has 0 radical (unpaired) electrons. The highest BCUT2D eigenvalue weighted by Crippen LogP contribution is 2.44. The molecule has 27 heavy (non-hydrogen) atoms. The first-order valence-corrected chi connectivity index (χ1v) is 9.07. The molecule has 2 N–H and O–H groups in total. The Morgan fingerprint density at radius 3 is 2.78 bits per heavy atom. The average Bonchev–Trinajstić information content (AvgIpc) is 3.33. The molecule has 0 fully saturated rings. The number of hydrogen-bond donors (Lipinski definition) is 2. The number of ether oxygens (including phenoxy) is 1. The van der Waals surface area contributed by atoms with Crippen molar-refractivity contribution in [2.24, 2.45) is 0 Å². The van der Waals surface area contributed by atoms with Gasteiger partial charge in [-0.05, 0) is 56.2 Å². The molecule has 0 aliphatic carbocycles. The fourth-order valence-corrected chi connectivity index (χ4v) is 3.91. The van der Waals surface area contributed by atoms with E-state index in [0.29, 0.717) is 5.56 Å². The number of nitriles is 1. The summed E-state index contributed by atoms with van der Waals surface area (Å²) in [5.41, 5.74) is 5.38. The van der Waals surface area contributed by atoms with Gasteiger partial charge >= 0.3 is 0 Å². The summed E-state index contributed by atoms with van der Waals surface area (Å²) < 4.78 is 5.79. The summed E-state index contributed by atoms with van der Waals surface area (Å²) in [5, 5.41) is 10.3. The number of benzene rings is 2. The van der Waals surface area contributed by atoms with Crippen molar-refractivity contribution >= 4 is 21.9 Å². The molecule has 5 nitrogen and oxygen atoms in total. The molecule has 0 spiro atoms. The SMILES string of the molecule is CCC(C)(c1nc2ccc(C#N)cc2[nH]1)c1c(OC)cc(C)c2[nH]ccc12. The van der Waals surface area contributed by atoms with Gasteiger partial charge < -0.3 is 14.7 Å². The van der Waals surface area contributed by atoms with Gasteiger partial charge in [0.1, 0.15) is 11.6 Å². The van der Waals surface area contributed by atoms with Crippen LogP contribution in [-0.4, -0.2) is 22.1 Å². The van der Waals surface area contributed by atoms with E-state index in [-0.39, 0.29) is 5.41 Å². The first-order chi connectivity index (χ1) is 13.0. The van der Waals surface area contributed by atoms with Crippen molar-refractivity contribution in [3.8, 4) is 11.8 Å². The van der Waals surface area contributed by atoms with Gasteiger partial charge in [-0.2, -0.15) is 5.26 Å². The number of fused-ring (bicyclic) bond motifs is 2. The molecular formula is C22H22N4O. The van der Waals surface area contributed by atoms with Crippen LogP contribution in [0.5, 0.6) is 5.75 Å². The highest BCUT2D eigenvalue weighted by atomic mass is 16.5. The summed E-state index contributed by atoms with van der Waals surface area (Å²) in [6.07, 6.45) is 2.81. The van der Waals surface area contributed by atoms with Crippen molar-refractivity contribution in [3.63, 3.8) is 0 Å². The monoisotopic (exact) mass is 358 g/mol. The van der Waals surface area contributed by atoms with E-state index in [9.17, 15) is 5.26 Å². The van der Waals surface area contributed by atoms with Crippen LogP contribution in [0.1, 0.15) is 42.8 Å². The summed E-state index contributed by atoms with van der Waals surface area (Å²) in [6, 6.07) is 11.9. The zero-order chi connectivity index (χ0) is 19.2. The second kappa shape index (κ2) is 6.17. The molecule has 1 unspecified atom stereocenters. The van der Waals surface area contributed by atoms with Gasteiger partial charge in [0.25, 0.3) is 0 Å². The van der Waals surface area contributed by atoms with Crippen LogP contribution in [0.2, 0.25) is 0 Å². The minimum Gasteiger partial charge on any atom is -0.496 e. The van der Waals surface area contributed by atoms with Gasteiger partial charge in [-0.1, -0.05) is 6.92 Å². The maximum atomic E-state index is 9.17. The number of nitrogens with zero attached hydrogens (tertiary/aromatic N) is 2. The summed E-state index contributed by atoms with van der Waals surface area (Å²) in [5.74, 6) is 1.74. The predicted octanol–water partition coefficient (Wildman–Crippen LogP) is 4.95. The number of H-pyrrole nitrogens is 2. The van der Waals surface area contributed by atoms with Crippen LogP contribution >= 0.6 is 0 Å². The molecule has 0 aliphatic heterocycles. The molecule has 0 saturated carbocycles. The van der Waals surface area contributed by atoms with Gasteiger partial charge in [0.15, 0.2) is 0 Å². The quantitative estimate of drug-likeness (QED) is 0.542. The van der Waals surface area contributed by atoms with E-state index < -0.39 is 0 Å². The third-order valence-corrected chi connectivity index (χ3v) is 5.62. The maximum Gasteiger partial charge on any atom is 0.124 e. The van der Waals surface area contributed by atoms with Gasteiger partial charge in [-0.3, -0.25) is 0 Å². The molecule has 2 aromatic heterocycles. The summed E-state index contributed by atoms with van der Waals surface area (Å²) in [7, 11) is 1.71. The number of aryl methyl sites for hydroxylation is 1. The zero-order valence-corrected chi connectivity index (χ0v) is 16.0. The maximum absolute atomic E-state index is 9.17. The zero-order valence-electron chi connectivity index (χ0n) is 16.0. The van der Waals surface area contributed by atoms with Crippen molar-refractivity contribution in [2.75, 3.05) is 7.11 Å². The van der Waals surface area contributed by atoms with E-state index in [1.807, 2.05) is 18.3 Å². The molecule has 2 heterocycles. The minimum atomic E-state index is -0.370. The van der Waals surface area contributed by atoms with Crippen LogP contribution in [0, 0.1) is 18.3 Å². The first kappa shape index (κ1) is 17.2. The van der Waals surface area contributed by atoms with Crippen LogP contribution in [0.3, 0.4) is 0 Å². The van der Waals surface area contributed by atoms with Gasteiger partial charge in [0, 0.05) is 22.7 Å².